The third-order valence-corrected chi connectivity index (χ3v) is 13.3. The third kappa shape index (κ3) is 6.52. The van der Waals surface area contributed by atoms with Gasteiger partial charge >= 0.3 is 0 Å². The van der Waals surface area contributed by atoms with Gasteiger partial charge in [0.15, 0.2) is 0 Å². The molecule has 4 aliphatic carbocycles. The molecule has 5 aliphatic rings. The second-order valence-electron chi connectivity index (χ2n) is 15.5. The fourth-order valence-corrected chi connectivity index (χ4v) is 10.7. The van der Waals surface area contributed by atoms with Crippen molar-refractivity contribution < 1.29 is 14.7 Å². The second-order valence-corrected chi connectivity index (χ2v) is 15.5. The average molecular weight is 556 g/mol. The first kappa shape index (κ1) is 30.6. The lowest BCUT2D eigenvalue weighted by Crippen LogP contribution is -2.57. The van der Waals surface area contributed by atoms with Crippen LogP contribution in [0.3, 0.4) is 0 Å². The van der Waals surface area contributed by atoms with E-state index in [0.717, 1.165) is 69.4 Å². The summed E-state index contributed by atoms with van der Waals surface area (Å²) in [6.07, 6.45) is 26.0. The molecule has 5 fully saturated rings. The number of amides is 1. The van der Waals surface area contributed by atoms with E-state index in [-0.39, 0.29) is 11.5 Å². The maximum Gasteiger partial charge on any atom is 0.222 e. The second kappa shape index (κ2) is 13.6. The van der Waals surface area contributed by atoms with Crippen LogP contribution < -0.4 is 0 Å². The number of ketones is 1. The van der Waals surface area contributed by atoms with Crippen LogP contribution in [0, 0.1) is 40.4 Å². The zero-order valence-electron chi connectivity index (χ0n) is 26.1. The predicted molar refractivity (Wildman–Crippen MR) is 163 cm³/mol. The molecule has 1 saturated heterocycles. The Bertz CT molecular complexity index is 851. The minimum absolute atomic E-state index is 0.104. The van der Waals surface area contributed by atoms with Gasteiger partial charge < -0.3 is 10.0 Å². The molecule has 228 valence electrons. The van der Waals surface area contributed by atoms with Crippen molar-refractivity contribution in [2.45, 2.75) is 161 Å². The van der Waals surface area contributed by atoms with E-state index in [1.165, 1.54) is 103 Å². The molecule has 4 saturated carbocycles. The number of unbranched alkanes of at least 4 members (excludes halogenated alkanes) is 8. The third-order valence-electron chi connectivity index (χ3n) is 13.3. The van der Waals surface area contributed by atoms with E-state index in [0.29, 0.717) is 28.9 Å². The zero-order chi connectivity index (χ0) is 28.2. The molecule has 1 heterocycles. The van der Waals surface area contributed by atoms with E-state index in [9.17, 15) is 14.7 Å². The van der Waals surface area contributed by atoms with Crippen molar-refractivity contribution in [3.05, 3.63) is 0 Å². The summed E-state index contributed by atoms with van der Waals surface area (Å²) < 4.78 is 0. The monoisotopic (exact) mass is 555 g/mol. The molecule has 0 unspecified atom stereocenters. The molecule has 5 rings (SSSR count). The Labute approximate surface area is 245 Å². The molecule has 0 radical (unpaired) electrons. The van der Waals surface area contributed by atoms with Gasteiger partial charge in [0.2, 0.25) is 5.91 Å². The number of aliphatic hydroxyl groups excluding tert-OH is 1. The fourth-order valence-electron chi connectivity index (χ4n) is 10.7. The molecule has 0 aromatic rings. The Morgan fingerprint density at radius 1 is 0.825 bits per heavy atom. The summed E-state index contributed by atoms with van der Waals surface area (Å²) >= 11 is 0. The number of carbonyl (C=O) groups is 2. The Balaban J connectivity index is 1.01. The lowest BCUT2D eigenvalue weighted by Gasteiger charge is -2.62. The van der Waals surface area contributed by atoms with Gasteiger partial charge in [-0.05, 0) is 105 Å². The molecule has 0 bridgehead atoms. The number of carbonyl (C=O) groups excluding carboxylic acids is 2. The van der Waals surface area contributed by atoms with Gasteiger partial charge in [-0.15, -0.1) is 0 Å². The van der Waals surface area contributed by atoms with Crippen LogP contribution in [0.15, 0.2) is 0 Å². The molecule has 1 amide bonds. The number of fused-ring (bicyclic) bond motifs is 5. The number of nitrogens with zero attached hydrogens (tertiary/aromatic N) is 1. The van der Waals surface area contributed by atoms with Crippen LogP contribution in [0.1, 0.15) is 155 Å². The summed E-state index contributed by atoms with van der Waals surface area (Å²) in [5, 5.41) is 11.0. The van der Waals surface area contributed by atoms with Crippen LogP contribution in [-0.4, -0.2) is 40.9 Å². The first-order valence-corrected chi connectivity index (χ1v) is 17.8. The fraction of sp³-hybridized carbons (Fsp3) is 0.944. The Morgan fingerprint density at radius 2 is 1.48 bits per heavy atom. The molecule has 0 aromatic carbocycles. The molecule has 1 aliphatic heterocycles. The van der Waals surface area contributed by atoms with Crippen molar-refractivity contribution in [2.24, 2.45) is 40.4 Å². The number of hydrogen-bond donors (Lipinski definition) is 1. The summed E-state index contributed by atoms with van der Waals surface area (Å²) in [6, 6.07) is 0. The van der Waals surface area contributed by atoms with Crippen molar-refractivity contribution in [3.63, 3.8) is 0 Å². The number of aliphatic hydroxyl groups is 1. The summed E-state index contributed by atoms with van der Waals surface area (Å²) in [5.41, 5.74) is 0.485. The van der Waals surface area contributed by atoms with Crippen LogP contribution in [0.5, 0.6) is 0 Å². The van der Waals surface area contributed by atoms with E-state index in [2.05, 4.69) is 18.7 Å². The highest BCUT2D eigenvalue weighted by Crippen LogP contribution is 2.67. The van der Waals surface area contributed by atoms with E-state index < -0.39 is 0 Å². The highest BCUT2D eigenvalue weighted by Gasteiger charge is 2.62. The summed E-state index contributed by atoms with van der Waals surface area (Å²) in [5.74, 6) is 4.50. The van der Waals surface area contributed by atoms with Gasteiger partial charge in [-0.25, -0.2) is 0 Å². The van der Waals surface area contributed by atoms with E-state index in [4.69, 9.17) is 0 Å². The van der Waals surface area contributed by atoms with Crippen molar-refractivity contribution in [1.29, 1.82) is 0 Å². The average Bonchev–Trinajstić information content (AvgIpc) is 3.26. The molecule has 4 heteroatoms. The predicted octanol–water partition coefficient (Wildman–Crippen LogP) is 8.49. The van der Waals surface area contributed by atoms with Crippen molar-refractivity contribution in [1.82, 2.24) is 4.90 Å². The largest absolute Gasteiger partial charge is 0.393 e. The quantitative estimate of drug-likeness (QED) is 0.246. The van der Waals surface area contributed by atoms with E-state index in [1.54, 1.807) is 0 Å². The van der Waals surface area contributed by atoms with Gasteiger partial charge in [0.05, 0.1) is 6.10 Å². The Kier molecular flexibility index (Phi) is 10.4. The highest BCUT2D eigenvalue weighted by atomic mass is 16.3. The summed E-state index contributed by atoms with van der Waals surface area (Å²) in [7, 11) is 0. The Hall–Kier alpha value is -0.900. The molecular formula is C36H61NO3. The minimum Gasteiger partial charge on any atom is -0.393 e. The molecule has 4 nitrogen and oxygen atoms in total. The number of hydrogen-bond acceptors (Lipinski definition) is 3. The standard InChI is InChI=1S/C36H61NO3/c1-35-21-19-29(38)26-28(35)25-27(34-30-17-18-32(39)36(30,2)22-20-31(34)35)15-11-8-6-4-3-5-7-9-12-16-33(40)37-23-13-10-14-24-37/h27-28,30-32,34,39H,3-26H2,1-2H3/t27-,28+,30+,31+,32+,34+,35+,36+/m1/s1. The highest BCUT2D eigenvalue weighted by molar-refractivity contribution is 5.79. The van der Waals surface area contributed by atoms with Crippen LogP contribution in [0.25, 0.3) is 0 Å². The number of likely N-dealkylation sites (tertiary alicyclic amines) is 1. The van der Waals surface area contributed by atoms with Gasteiger partial charge in [-0.2, -0.15) is 0 Å². The normalized spacial score (nSPS) is 39.5. The SMILES string of the molecule is C[C@]12CCC(=O)C[C@@H]1C[C@@H](CCCCCCCCCCCC(=O)N1CCCCC1)[C@@H]1[C@@H]2CC[C@]2(C)[C@@H](O)CC[C@@H]12. The van der Waals surface area contributed by atoms with Gasteiger partial charge in [0, 0.05) is 32.4 Å². The topological polar surface area (TPSA) is 57.6 Å². The number of Topliss-reactive ketones (excluding diaryl/α,β-unsaturated/α-hetero) is 1. The van der Waals surface area contributed by atoms with Crippen LogP contribution in [0.2, 0.25) is 0 Å². The Morgan fingerprint density at radius 3 is 2.20 bits per heavy atom. The van der Waals surface area contributed by atoms with Crippen LogP contribution >= 0.6 is 0 Å². The lowest BCUT2D eigenvalue weighted by atomic mass is 9.42. The van der Waals surface area contributed by atoms with Gasteiger partial charge in [-0.1, -0.05) is 71.6 Å². The van der Waals surface area contributed by atoms with Gasteiger partial charge in [0.1, 0.15) is 5.78 Å². The maximum absolute atomic E-state index is 12.5. The van der Waals surface area contributed by atoms with Crippen molar-refractivity contribution in [3.8, 4) is 0 Å². The molecule has 0 aromatic heterocycles. The summed E-state index contributed by atoms with van der Waals surface area (Å²) in [4.78, 5) is 26.9. The van der Waals surface area contributed by atoms with Crippen LogP contribution in [-0.2, 0) is 9.59 Å². The molecule has 1 N–H and O–H groups in total. The van der Waals surface area contributed by atoms with Crippen molar-refractivity contribution >= 4 is 11.7 Å². The molecular weight excluding hydrogens is 494 g/mol. The first-order valence-electron chi connectivity index (χ1n) is 17.8. The summed E-state index contributed by atoms with van der Waals surface area (Å²) in [6.45, 7) is 6.94. The van der Waals surface area contributed by atoms with E-state index >= 15 is 0 Å². The lowest BCUT2D eigenvalue weighted by molar-refractivity contribution is -0.156. The van der Waals surface area contributed by atoms with Crippen molar-refractivity contribution in [2.75, 3.05) is 13.1 Å². The molecule has 40 heavy (non-hydrogen) atoms. The molecule has 0 spiro atoms. The van der Waals surface area contributed by atoms with E-state index in [1.807, 2.05) is 0 Å². The van der Waals surface area contributed by atoms with Gasteiger partial charge in [-0.3, -0.25) is 9.59 Å². The smallest absolute Gasteiger partial charge is 0.222 e. The van der Waals surface area contributed by atoms with Gasteiger partial charge in [0.25, 0.3) is 0 Å². The number of piperidine rings is 1. The minimum atomic E-state index is -0.104. The molecule has 8 atom stereocenters. The zero-order valence-corrected chi connectivity index (χ0v) is 26.1. The first-order chi connectivity index (χ1) is 19.3. The van der Waals surface area contributed by atoms with Crippen LogP contribution in [0.4, 0.5) is 0 Å². The number of rotatable bonds is 12. The maximum atomic E-state index is 12.5.